The smallest absolute Gasteiger partial charge is 0.204 e. The molecule has 0 spiro atoms. The zero-order valence-electron chi connectivity index (χ0n) is 23.1. The Morgan fingerprint density at radius 2 is 1.05 bits per heavy atom. The number of hydrogen-bond acceptors (Lipinski definition) is 11. The maximum absolute atomic E-state index is 13.1. The lowest BCUT2D eigenvalue weighted by molar-refractivity contribution is -0.189. The molecule has 2 aromatic rings. The molecule has 2 atom stereocenters. The van der Waals surface area contributed by atoms with Crippen molar-refractivity contribution < 1.29 is 52.9 Å². The van der Waals surface area contributed by atoms with Crippen LogP contribution in [0, 0.1) is 0 Å². The molecule has 13 heteroatoms. The van der Waals surface area contributed by atoms with Crippen LogP contribution in [0.4, 0.5) is 0 Å². The first-order chi connectivity index (χ1) is 18.0. The molecule has 11 nitrogen and oxygen atoms in total. The van der Waals surface area contributed by atoms with Crippen LogP contribution in [0.2, 0.25) is 0 Å². The summed E-state index contributed by atoms with van der Waals surface area (Å²) >= 11 is 0. The molecule has 38 heavy (non-hydrogen) atoms. The number of aromatic hydroxyl groups is 2. The topological polar surface area (TPSA) is 131 Å². The SMILES string of the molecule is COC(CC([SiH3])(OC)OC)Oc1ccc(C(=O)c2ccc(OC(CC([SiH3])(OC)OC)OC)cc2O)c(O)c1. The van der Waals surface area contributed by atoms with Crippen LogP contribution in [0.3, 0.4) is 0 Å². The third-order valence-corrected chi connectivity index (χ3v) is 8.74. The van der Waals surface area contributed by atoms with E-state index >= 15 is 0 Å². The normalized spacial score (nSPS) is 13.8. The molecule has 0 saturated heterocycles. The van der Waals surface area contributed by atoms with Crippen LogP contribution in [0.5, 0.6) is 23.0 Å². The Kier molecular flexibility index (Phi) is 11.7. The number of carbonyl (C=O) groups excluding carboxylic acids is 1. The lowest BCUT2D eigenvalue weighted by Crippen LogP contribution is -2.40. The molecule has 0 heterocycles. The number of carbonyl (C=O) groups is 1. The van der Waals surface area contributed by atoms with E-state index in [9.17, 15) is 15.0 Å². The van der Waals surface area contributed by atoms with Gasteiger partial charge in [-0.3, -0.25) is 4.79 Å². The molecule has 0 aromatic heterocycles. The standard InChI is InChI=1S/C25H38O11Si2/c1-29-21(13-24(37,31-3)32-4)35-15-7-9-17(19(26)11-15)23(28)18-10-8-16(12-20(18)27)36-22(30-2)14-25(38,33-5)34-6/h7-12,21-22,26-27H,13-14H2,1-6,37-38H3. The van der Waals surface area contributed by atoms with Gasteiger partial charge >= 0.3 is 0 Å². The molecule has 0 amide bonds. The maximum Gasteiger partial charge on any atom is 0.204 e. The van der Waals surface area contributed by atoms with E-state index in [0.29, 0.717) is 33.3 Å². The Hall–Kier alpha value is -2.50. The molecular formula is C25H38O11Si2. The molecule has 0 aliphatic rings. The second-order valence-electron chi connectivity index (χ2n) is 8.75. The van der Waals surface area contributed by atoms with E-state index in [0.717, 1.165) is 0 Å². The van der Waals surface area contributed by atoms with Crippen molar-refractivity contribution in [2.24, 2.45) is 0 Å². The van der Waals surface area contributed by atoms with Gasteiger partial charge in [-0.25, -0.2) is 0 Å². The summed E-state index contributed by atoms with van der Waals surface area (Å²) in [5.41, 5.74) is -1.64. The fourth-order valence-corrected chi connectivity index (χ4v) is 4.12. The van der Waals surface area contributed by atoms with E-state index in [-0.39, 0.29) is 34.1 Å². The molecule has 2 N–H and O–H groups in total. The van der Waals surface area contributed by atoms with Gasteiger partial charge in [-0.15, -0.1) is 0 Å². The molecular weight excluding hydrogens is 532 g/mol. The Bertz CT molecular complexity index is 976. The number of phenolic OH excluding ortho intramolecular Hbond substituents is 2. The first kappa shape index (κ1) is 31.7. The van der Waals surface area contributed by atoms with Gasteiger partial charge in [-0.05, 0) is 24.3 Å². The third kappa shape index (κ3) is 8.25. The first-order valence-electron chi connectivity index (χ1n) is 11.8. The molecule has 0 aliphatic carbocycles. The summed E-state index contributed by atoms with van der Waals surface area (Å²) in [4.78, 5) is 13.1. The van der Waals surface area contributed by atoms with Crippen molar-refractivity contribution in [3.05, 3.63) is 47.5 Å². The Balaban J connectivity index is 2.17. The van der Waals surface area contributed by atoms with Crippen molar-refractivity contribution in [1.82, 2.24) is 0 Å². The van der Waals surface area contributed by atoms with E-state index in [1.54, 1.807) is 28.4 Å². The van der Waals surface area contributed by atoms with E-state index in [1.807, 2.05) is 0 Å². The predicted octanol–water partition coefficient (Wildman–Crippen LogP) is 0.436. The van der Waals surface area contributed by atoms with Gasteiger partial charge in [-0.1, -0.05) is 0 Å². The molecule has 0 aliphatic heterocycles. The predicted molar refractivity (Wildman–Crippen MR) is 145 cm³/mol. The second-order valence-corrected chi connectivity index (χ2v) is 11.8. The van der Waals surface area contributed by atoms with Crippen LogP contribution in [-0.2, 0) is 28.4 Å². The lowest BCUT2D eigenvalue weighted by atomic mass is 10.0. The number of phenols is 2. The van der Waals surface area contributed by atoms with Gasteiger partial charge in [0.05, 0.1) is 44.5 Å². The number of rotatable bonds is 16. The maximum atomic E-state index is 13.1. The minimum Gasteiger partial charge on any atom is -0.507 e. The monoisotopic (exact) mass is 570 g/mol. The Morgan fingerprint density at radius 3 is 1.32 bits per heavy atom. The zero-order chi connectivity index (χ0) is 28.5. The zero-order valence-corrected chi connectivity index (χ0v) is 27.1. The van der Waals surface area contributed by atoms with Crippen LogP contribution in [0.1, 0.15) is 28.8 Å². The fourth-order valence-electron chi connectivity index (χ4n) is 3.45. The molecule has 2 aromatic carbocycles. The molecule has 0 bridgehead atoms. The largest absolute Gasteiger partial charge is 0.507 e. The Labute approximate surface area is 228 Å². The van der Waals surface area contributed by atoms with Crippen molar-refractivity contribution in [3.8, 4) is 23.0 Å². The molecule has 212 valence electrons. The minimum atomic E-state index is -0.801. The van der Waals surface area contributed by atoms with Gasteiger partial charge in [-0.2, -0.15) is 0 Å². The number of methoxy groups -OCH3 is 6. The average molecular weight is 571 g/mol. The summed E-state index contributed by atoms with van der Waals surface area (Å²) in [5.74, 6) is -0.662. The summed E-state index contributed by atoms with van der Waals surface area (Å²) in [6.45, 7) is 0. The molecule has 0 radical (unpaired) electrons. The number of ether oxygens (including phenoxy) is 8. The highest BCUT2D eigenvalue weighted by Gasteiger charge is 2.30. The van der Waals surface area contributed by atoms with E-state index < -0.39 is 29.2 Å². The highest BCUT2D eigenvalue weighted by atomic mass is 28.2. The van der Waals surface area contributed by atoms with Crippen molar-refractivity contribution in [2.45, 2.75) is 36.2 Å². The van der Waals surface area contributed by atoms with E-state index in [2.05, 4.69) is 0 Å². The van der Waals surface area contributed by atoms with Gasteiger partial charge in [0.2, 0.25) is 12.6 Å². The fraction of sp³-hybridized carbons (Fsp3) is 0.480. The van der Waals surface area contributed by atoms with E-state index in [4.69, 9.17) is 37.9 Å². The summed E-state index contributed by atoms with van der Waals surface area (Å²) in [5, 5.41) is 21.1. The summed E-state index contributed by atoms with van der Waals surface area (Å²) in [7, 11) is 10.3. The lowest BCUT2D eigenvalue weighted by Gasteiger charge is -2.30. The van der Waals surface area contributed by atoms with Gasteiger partial charge in [0.15, 0.2) is 5.78 Å². The highest BCUT2D eigenvalue weighted by Crippen LogP contribution is 2.32. The summed E-state index contributed by atoms with van der Waals surface area (Å²) in [6.07, 6.45) is -0.828. The van der Waals surface area contributed by atoms with Crippen molar-refractivity contribution in [2.75, 3.05) is 42.7 Å². The third-order valence-electron chi connectivity index (χ3n) is 6.29. The molecule has 2 unspecified atom stereocenters. The van der Waals surface area contributed by atoms with Crippen LogP contribution < -0.4 is 9.47 Å². The Morgan fingerprint density at radius 1 is 0.711 bits per heavy atom. The van der Waals surface area contributed by atoms with Gasteiger partial charge in [0, 0.05) is 54.8 Å². The van der Waals surface area contributed by atoms with Crippen molar-refractivity contribution in [3.63, 3.8) is 0 Å². The average Bonchev–Trinajstić information content (AvgIpc) is 2.91. The molecule has 0 saturated carbocycles. The van der Waals surface area contributed by atoms with Gasteiger partial charge in [0.1, 0.15) is 33.8 Å². The van der Waals surface area contributed by atoms with Crippen LogP contribution in [0.15, 0.2) is 36.4 Å². The highest BCUT2D eigenvalue weighted by molar-refractivity contribution is 6.13. The van der Waals surface area contributed by atoms with Gasteiger partial charge < -0.3 is 48.1 Å². The van der Waals surface area contributed by atoms with Crippen molar-refractivity contribution >= 4 is 26.3 Å². The second kappa shape index (κ2) is 14.0. The molecule has 2 rings (SSSR count). The van der Waals surface area contributed by atoms with Crippen LogP contribution in [0.25, 0.3) is 0 Å². The van der Waals surface area contributed by atoms with E-state index in [1.165, 1.54) is 50.6 Å². The summed E-state index contributed by atoms with van der Waals surface area (Å²) in [6, 6.07) is 8.47. The summed E-state index contributed by atoms with van der Waals surface area (Å²) < 4.78 is 43.9. The minimum absolute atomic E-state index is 0.0167. The molecule has 0 fully saturated rings. The number of hydrogen-bond donors (Lipinski definition) is 2. The van der Waals surface area contributed by atoms with Crippen LogP contribution >= 0.6 is 0 Å². The number of benzene rings is 2. The van der Waals surface area contributed by atoms with Gasteiger partial charge in [0.25, 0.3) is 0 Å². The number of ketones is 1. The quantitative estimate of drug-likeness (QED) is 0.166. The van der Waals surface area contributed by atoms with Crippen molar-refractivity contribution in [1.29, 1.82) is 0 Å². The van der Waals surface area contributed by atoms with Crippen LogP contribution in [-0.4, -0.2) is 103 Å². The first-order valence-corrected chi connectivity index (χ1v) is 13.8.